The second kappa shape index (κ2) is 4.85. The lowest BCUT2D eigenvalue weighted by Crippen LogP contribution is -2.25. The molecule has 3 heterocycles. The number of nitrogens with zero attached hydrogens (tertiary/aromatic N) is 2. The van der Waals surface area contributed by atoms with E-state index in [9.17, 15) is 9.90 Å². The third-order valence-corrected chi connectivity index (χ3v) is 3.62. The van der Waals surface area contributed by atoms with Crippen LogP contribution in [0.3, 0.4) is 0 Å². The maximum absolute atomic E-state index is 11.4. The Bertz CT molecular complexity index is 885. The van der Waals surface area contributed by atoms with E-state index in [1.54, 1.807) is 0 Å². The van der Waals surface area contributed by atoms with E-state index < -0.39 is 0 Å². The Hall–Kier alpha value is -2.86. The van der Waals surface area contributed by atoms with E-state index in [1.165, 1.54) is 0 Å². The highest BCUT2D eigenvalue weighted by Crippen LogP contribution is 2.32. The highest BCUT2D eigenvalue weighted by Gasteiger charge is 2.17. The molecule has 0 unspecified atom stereocenters. The highest BCUT2D eigenvalue weighted by atomic mass is 16.5. The molecule has 0 fully saturated rings. The molecule has 0 saturated heterocycles. The van der Waals surface area contributed by atoms with Crippen molar-refractivity contribution in [3.05, 3.63) is 48.3 Å². The van der Waals surface area contributed by atoms with E-state index in [2.05, 4.69) is 10.3 Å². The van der Waals surface area contributed by atoms with Crippen molar-refractivity contribution in [2.45, 2.75) is 6.61 Å². The number of anilines is 1. The summed E-state index contributed by atoms with van der Waals surface area (Å²) in [5, 5.41) is 12.0. The third-order valence-electron chi connectivity index (χ3n) is 3.62. The van der Waals surface area contributed by atoms with Crippen molar-refractivity contribution in [2.75, 3.05) is 11.9 Å². The fraction of sp³-hybridized carbons (Fsp3) is 0.125. The number of nitrogens with one attached hydrogen (secondary N) is 1. The number of aliphatic hydroxyl groups excluding tert-OH is 1. The average molecular weight is 295 g/mol. The van der Waals surface area contributed by atoms with E-state index in [1.807, 2.05) is 47.1 Å². The lowest BCUT2D eigenvalue weighted by molar-refractivity contribution is -0.118. The van der Waals surface area contributed by atoms with E-state index in [0.29, 0.717) is 11.4 Å². The van der Waals surface area contributed by atoms with E-state index in [4.69, 9.17) is 4.74 Å². The average Bonchev–Trinajstić information content (AvgIpc) is 2.97. The number of benzene rings is 1. The molecule has 4 rings (SSSR count). The monoisotopic (exact) mass is 295 g/mol. The van der Waals surface area contributed by atoms with Crippen LogP contribution in [0.5, 0.6) is 5.75 Å². The van der Waals surface area contributed by atoms with Gasteiger partial charge in [-0.15, -0.1) is 0 Å². The zero-order valence-electron chi connectivity index (χ0n) is 11.6. The number of ether oxygens (including phenoxy) is 1. The van der Waals surface area contributed by atoms with Crippen molar-refractivity contribution in [1.82, 2.24) is 9.38 Å². The van der Waals surface area contributed by atoms with Gasteiger partial charge in [-0.3, -0.25) is 4.79 Å². The molecular formula is C16H13N3O3. The molecule has 0 spiro atoms. The number of pyridine rings is 1. The molecule has 6 heteroatoms. The summed E-state index contributed by atoms with van der Waals surface area (Å²) in [7, 11) is 0. The van der Waals surface area contributed by atoms with Gasteiger partial charge in [-0.2, -0.15) is 0 Å². The molecule has 2 N–H and O–H groups in total. The first-order valence-electron chi connectivity index (χ1n) is 6.88. The number of amides is 1. The van der Waals surface area contributed by atoms with E-state index in [-0.39, 0.29) is 19.1 Å². The number of aliphatic hydroxyl groups is 1. The summed E-state index contributed by atoms with van der Waals surface area (Å²) in [6.07, 6.45) is 3.77. The van der Waals surface area contributed by atoms with Crippen LogP contribution in [0, 0.1) is 0 Å². The van der Waals surface area contributed by atoms with Crippen LogP contribution in [0.15, 0.2) is 42.7 Å². The molecule has 1 aliphatic rings. The summed E-state index contributed by atoms with van der Waals surface area (Å²) < 4.78 is 7.24. The zero-order valence-corrected chi connectivity index (χ0v) is 11.6. The molecule has 110 valence electrons. The fourth-order valence-corrected chi connectivity index (χ4v) is 2.50. The van der Waals surface area contributed by atoms with Crippen LogP contribution < -0.4 is 10.1 Å². The second-order valence-electron chi connectivity index (χ2n) is 5.13. The molecule has 0 saturated carbocycles. The summed E-state index contributed by atoms with van der Waals surface area (Å²) in [4.78, 5) is 16.0. The summed E-state index contributed by atoms with van der Waals surface area (Å²) in [5.41, 5.74) is 3.91. The number of hydrogen-bond acceptors (Lipinski definition) is 4. The molecule has 3 aromatic rings. The van der Waals surface area contributed by atoms with Gasteiger partial charge in [0.2, 0.25) is 0 Å². The third kappa shape index (κ3) is 2.10. The van der Waals surface area contributed by atoms with Gasteiger partial charge in [0.1, 0.15) is 11.4 Å². The van der Waals surface area contributed by atoms with Crippen LogP contribution in [-0.4, -0.2) is 27.0 Å². The van der Waals surface area contributed by atoms with Gasteiger partial charge in [0.05, 0.1) is 18.0 Å². The molecule has 0 aliphatic carbocycles. The van der Waals surface area contributed by atoms with Crippen LogP contribution in [0.4, 0.5) is 5.69 Å². The van der Waals surface area contributed by atoms with E-state index >= 15 is 0 Å². The van der Waals surface area contributed by atoms with Gasteiger partial charge in [-0.25, -0.2) is 4.98 Å². The number of aromatic nitrogens is 2. The minimum atomic E-state index is -0.160. The smallest absolute Gasteiger partial charge is 0.262 e. The van der Waals surface area contributed by atoms with Gasteiger partial charge in [0.25, 0.3) is 5.91 Å². The Morgan fingerprint density at radius 1 is 1.32 bits per heavy atom. The summed E-state index contributed by atoms with van der Waals surface area (Å²) >= 11 is 0. The molecule has 6 nitrogen and oxygen atoms in total. The van der Waals surface area contributed by atoms with Crippen LogP contribution in [-0.2, 0) is 11.4 Å². The predicted octanol–water partition coefficient (Wildman–Crippen LogP) is 1.82. The normalized spacial score (nSPS) is 13.6. The Kier molecular flexibility index (Phi) is 2.83. The van der Waals surface area contributed by atoms with Crippen molar-refractivity contribution >= 4 is 17.2 Å². The molecule has 0 bridgehead atoms. The topological polar surface area (TPSA) is 75.9 Å². The largest absolute Gasteiger partial charge is 0.482 e. The van der Waals surface area contributed by atoms with Gasteiger partial charge in [0, 0.05) is 18.0 Å². The van der Waals surface area contributed by atoms with Crippen molar-refractivity contribution in [1.29, 1.82) is 0 Å². The van der Waals surface area contributed by atoms with Gasteiger partial charge in [0.15, 0.2) is 6.61 Å². The van der Waals surface area contributed by atoms with Crippen LogP contribution in [0.25, 0.3) is 16.9 Å². The standard InChI is InChI=1S/C16H13N3O3/c20-8-10-3-4-19-7-13(17-15(19)5-10)11-1-2-14-12(6-11)18-16(21)9-22-14/h1-7,20H,8-9H2,(H,18,21). The Morgan fingerprint density at radius 2 is 2.23 bits per heavy atom. The van der Waals surface area contributed by atoms with Gasteiger partial charge < -0.3 is 19.6 Å². The fourth-order valence-electron chi connectivity index (χ4n) is 2.50. The minimum Gasteiger partial charge on any atom is -0.482 e. The number of carbonyl (C=O) groups is 1. The quantitative estimate of drug-likeness (QED) is 0.756. The van der Waals surface area contributed by atoms with Crippen LogP contribution in [0.1, 0.15) is 5.56 Å². The van der Waals surface area contributed by atoms with Crippen molar-refractivity contribution in [2.24, 2.45) is 0 Å². The van der Waals surface area contributed by atoms with Gasteiger partial charge >= 0.3 is 0 Å². The number of rotatable bonds is 2. The Labute approximate surface area is 126 Å². The van der Waals surface area contributed by atoms with E-state index in [0.717, 1.165) is 22.5 Å². The molecular weight excluding hydrogens is 282 g/mol. The number of carbonyl (C=O) groups excluding carboxylic acids is 1. The molecule has 0 radical (unpaired) electrons. The zero-order chi connectivity index (χ0) is 15.1. The van der Waals surface area contributed by atoms with Crippen molar-refractivity contribution in [3.63, 3.8) is 0 Å². The minimum absolute atomic E-state index is 0.0130. The molecule has 22 heavy (non-hydrogen) atoms. The Morgan fingerprint density at radius 3 is 3.09 bits per heavy atom. The molecule has 1 aliphatic heterocycles. The van der Waals surface area contributed by atoms with Gasteiger partial charge in [-0.1, -0.05) is 0 Å². The maximum Gasteiger partial charge on any atom is 0.262 e. The first kappa shape index (κ1) is 12.8. The first-order chi connectivity index (χ1) is 10.7. The number of hydrogen-bond donors (Lipinski definition) is 2. The van der Waals surface area contributed by atoms with Crippen molar-refractivity contribution in [3.8, 4) is 17.0 Å². The first-order valence-corrected chi connectivity index (χ1v) is 6.88. The number of imidazole rings is 1. The maximum atomic E-state index is 11.4. The lowest BCUT2D eigenvalue weighted by atomic mass is 10.1. The summed E-state index contributed by atoms with van der Waals surface area (Å²) in [6, 6.07) is 9.27. The molecule has 0 atom stereocenters. The number of fused-ring (bicyclic) bond motifs is 2. The predicted molar refractivity (Wildman–Crippen MR) is 80.7 cm³/mol. The highest BCUT2D eigenvalue weighted by molar-refractivity contribution is 5.96. The Balaban J connectivity index is 1.78. The second-order valence-corrected chi connectivity index (χ2v) is 5.13. The van der Waals surface area contributed by atoms with Crippen molar-refractivity contribution < 1.29 is 14.6 Å². The summed E-state index contributed by atoms with van der Waals surface area (Å²) in [5.74, 6) is 0.502. The molecule has 1 aromatic carbocycles. The van der Waals surface area contributed by atoms with Crippen LogP contribution >= 0.6 is 0 Å². The van der Waals surface area contributed by atoms with Crippen LogP contribution in [0.2, 0.25) is 0 Å². The SMILES string of the molecule is O=C1COc2ccc(-c3cn4ccc(CO)cc4n3)cc2N1. The molecule has 2 aromatic heterocycles. The van der Waals surface area contributed by atoms with Gasteiger partial charge in [-0.05, 0) is 35.9 Å². The summed E-state index contributed by atoms with van der Waals surface area (Å²) in [6.45, 7) is 0.0333. The lowest BCUT2D eigenvalue weighted by Gasteiger charge is -2.18. The molecule has 1 amide bonds.